The van der Waals surface area contributed by atoms with Crippen molar-refractivity contribution < 1.29 is 19.1 Å². The van der Waals surface area contributed by atoms with Gasteiger partial charge in [-0.05, 0) is 54.7 Å². The van der Waals surface area contributed by atoms with Crippen molar-refractivity contribution in [3.63, 3.8) is 0 Å². The van der Waals surface area contributed by atoms with Crippen molar-refractivity contribution in [3.05, 3.63) is 69.0 Å². The Morgan fingerprint density at radius 2 is 1.97 bits per heavy atom. The van der Waals surface area contributed by atoms with E-state index in [0.29, 0.717) is 34.2 Å². The molecule has 7 nitrogen and oxygen atoms in total. The topological polar surface area (TPSA) is 89.6 Å². The molecule has 3 heterocycles. The summed E-state index contributed by atoms with van der Waals surface area (Å²) in [6.07, 6.45) is 1.16. The van der Waals surface area contributed by atoms with Crippen LogP contribution in [0.5, 0.6) is 11.5 Å². The van der Waals surface area contributed by atoms with Gasteiger partial charge in [0.25, 0.3) is 5.91 Å². The molecular formula is C27H24BrN3O4S. The van der Waals surface area contributed by atoms with Crippen LogP contribution in [0.25, 0.3) is 10.2 Å². The van der Waals surface area contributed by atoms with Gasteiger partial charge >= 0.3 is 0 Å². The van der Waals surface area contributed by atoms with Gasteiger partial charge in [0.2, 0.25) is 6.79 Å². The van der Waals surface area contributed by atoms with Crippen LogP contribution in [0.2, 0.25) is 0 Å². The van der Waals surface area contributed by atoms with Crippen LogP contribution in [-0.2, 0) is 9.59 Å². The number of nitrogens with one attached hydrogen (secondary N) is 2. The number of carbonyl (C=O) groups excluding carboxylic acids is 2. The van der Waals surface area contributed by atoms with Gasteiger partial charge in [-0.2, -0.15) is 0 Å². The van der Waals surface area contributed by atoms with Crippen LogP contribution in [0.4, 0.5) is 5.13 Å². The number of carbonyl (C=O) groups is 2. The van der Waals surface area contributed by atoms with Crippen LogP contribution < -0.4 is 20.1 Å². The quantitative estimate of drug-likeness (QED) is 0.403. The molecule has 0 bridgehead atoms. The number of benzene rings is 2. The summed E-state index contributed by atoms with van der Waals surface area (Å²) < 4.78 is 13.0. The average molecular weight is 566 g/mol. The lowest BCUT2D eigenvalue weighted by Gasteiger charge is -2.39. The van der Waals surface area contributed by atoms with Gasteiger partial charge in [0.05, 0.1) is 10.2 Å². The molecule has 1 atom stereocenters. The van der Waals surface area contributed by atoms with E-state index in [4.69, 9.17) is 9.47 Å². The van der Waals surface area contributed by atoms with Gasteiger partial charge in [0.15, 0.2) is 22.4 Å². The maximum absolute atomic E-state index is 13.8. The molecule has 6 rings (SSSR count). The van der Waals surface area contributed by atoms with E-state index in [1.165, 1.54) is 11.3 Å². The van der Waals surface area contributed by atoms with Crippen LogP contribution in [0, 0.1) is 5.41 Å². The van der Waals surface area contributed by atoms with Crippen molar-refractivity contribution in [2.45, 2.75) is 39.5 Å². The normalized spacial score (nSPS) is 20.4. The summed E-state index contributed by atoms with van der Waals surface area (Å²) in [5, 5.41) is 6.91. The number of rotatable bonds is 3. The van der Waals surface area contributed by atoms with Gasteiger partial charge < -0.3 is 14.8 Å². The summed E-state index contributed by atoms with van der Waals surface area (Å²) in [4.78, 5) is 31.9. The highest BCUT2D eigenvalue weighted by molar-refractivity contribution is 9.10. The van der Waals surface area contributed by atoms with Crippen LogP contribution >= 0.6 is 27.3 Å². The molecule has 1 amide bonds. The first-order chi connectivity index (χ1) is 17.2. The Balaban J connectivity index is 1.43. The first kappa shape index (κ1) is 23.2. The molecule has 0 fully saturated rings. The predicted octanol–water partition coefficient (Wildman–Crippen LogP) is 6.03. The SMILES string of the molecule is CC1=C(C(=O)Nc2nc3ccc(Br)cc3s2)[C@H](c2ccc3c(c2)OCO3)C2=C(CC(C)(C)CC2=O)N1. The van der Waals surface area contributed by atoms with Gasteiger partial charge in [-0.15, -0.1) is 0 Å². The minimum absolute atomic E-state index is 0.0547. The summed E-state index contributed by atoms with van der Waals surface area (Å²) in [7, 11) is 0. The summed E-state index contributed by atoms with van der Waals surface area (Å²) in [6.45, 7) is 6.24. The lowest BCUT2D eigenvalue weighted by molar-refractivity contribution is -0.118. The zero-order valence-corrected chi connectivity index (χ0v) is 22.4. The number of nitrogens with zero attached hydrogens (tertiary/aromatic N) is 1. The molecule has 184 valence electrons. The molecule has 0 spiro atoms. The lowest BCUT2D eigenvalue weighted by Crippen LogP contribution is -2.39. The number of allylic oxidation sites excluding steroid dienone is 3. The van der Waals surface area contributed by atoms with E-state index in [2.05, 4.69) is 45.4 Å². The number of fused-ring (bicyclic) bond motifs is 2. The monoisotopic (exact) mass is 565 g/mol. The van der Waals surface area contributed by atoms with E-state index in [-0.39, 0.29) is 23.9 Å². The van der Waals surface area contributed by atoms with E-state index in [9.17, 15) is 9.59 Å². The van der Waals surface area contributed by atoms with Crippen molar-refractivity contribution in [2.75, 3.05) is 12.1 Å². The van der Waals surface area contributed by atoms with E-state index in [1.54, 1.807) is 0 Å². The molecule has 36 heavy (non-hydrogen) atoms. The van der Waals surface area contributed by atoms with Gasteiger partial charge in [-0.1, -0.05) is 47.2 Å². The van der Waals surface area contributed by atoms with Crippen LogP contribution in [0.1, 0.15) is 45.1 Å². The number of hydrogen-bond donors (Lipinski definition) is 2. The molecule has 9 heteroatoms. The maximum Gasteiger partial charge on any atom is 0.256 e. The Morgan fingerprint density at radius 1 is 1.17 bits per heavy atom. The molecule has 0 saturated carbocycles. The number of anilines is 1. The van der Waals surface area contributed by atoms with Crippen LogP contribution in [0.3, 0.4) is 0 Å². The standard InChI is InChI=1S/C27H24BrN3O4S/c1-13-22(25(33)31-26-30-16-6-5-15(28)9-21(16)36-26)23(14-4-7-19-20(8-14)35-12-34-19)24-17(29-13)10-27(2,3)11-18(24)32/h4-9,23,29H,10-12H2,1-3H3,(H,30,31,33)/t23-/m0/s1. The van der Waals surface area contributed by atoms with Crippen molar-refractivity contribution in [1.29, 1.82) is 0 Å². The Kier molecular flexibility index (Phi) is 5.46. The third-order valence-corrected chi connectivity index (χ3v) is 8.21. The molecule has 1 aliphatic carbocycles. The molecule has 2 N–H and O–H groups in total. The van der Waals surface area contributed by atoms with E-state index in [0.717, 1.165) is 38.1 Å². The maximum atomic E-state index is 13.8. The number of halogens is 1. The predicted molar refractivity (Wildman–Crippen MR) is 142 cm³/mol. The average Bonchev–Trinajstić information content (AvgIpc) is 3.42. The Morgan fingerprint density at radius 3 is 2.81 bits per heavy atom. The minimum Gasteiger partial charge on any atom is -0.454 e. The summed E-state index contributed by atoms with van der Waals surface area (Å²) >= 11 is 4.89. The Labute approximate surface area is 220 Å². The van der Waals surface area contributed by atoms with Crippen molar-refractivity contribution >= 4 is 54.3 Å². The summed E-state index contributed by atoms with van der Waals surface area (Å²) in [6, 6.07) is 11.4. The third-order valence-electron chi connectivity index (χ3n) is 6.79. The number of ketones is 1. The molecule has 0 saturated heterocycles. The number of thiazole rings is 1. The van der Waals surface area contributed by atoms with Crippen LogP contribution in [0.15, 0.2) is 63.4 Å². The number of amides is 1. The second kappa shape index (κ2) is 8.45. The second-order valence-electron chi connectivity index (χ2n) is 10.1. The van der Waals surface area contributed by atoms with E-state index in [1.807, 2.05) is 43.3 Å². The first-order valence-corrected chi connectivity index (χ1v) is 13.3. The van der Waals surface area contributed by atoms with Crippen LogP contribution in [-0.4, -0.2) is 23.5 Å². The molecule has 0 radical (unpaired) electrons. The zero-order valence-electron chi connectivity index (χ0n) is 20.0. The highest BCUT2D eigenvalue weighted by Gasteiger charge is 2.43. The van der Waals surface area contributed by atoms with Gasteiger partial charge in [-0.3, -0.25) is 14.9 Å². The smallest absolute Gasteiger partial charge is 0.256 e. The highest BCUT2D eigenvalue weighted by Crippen LogP contribution is 2.48. The molecule has 1 aromatic heterocycles. The summed E-state index contributed by atoms with van der Waals surface area (Å²) in [5.74, 6) is 0.517. The van der Waals surface area contributed by atoms with E-state index >= 15 is 0 Å². The van der Waals surface area contributed by atoms with E-state index < -0.39 is 5.92 Å². The molecule has 2 aromatic carbocycles. The molecule has 2 aliphatic heterocycles. The number of aromatic nitrogens is 1. The fraction of sp³-hybridized carbons (Fsp3) is 0.296. The first-order valence-electron chi connectivity index (χ1n) is 11.7. The molecule has 0 unspecified atom stereocenters. The van der Waals surface area contributed by atoms with Gasteiger partial charge in [0, 0.05) is 39.4 Å². The fourth-order valence-corrected chi connectivity index (χ4v) is 6.69. The molecular weight excluding hydrogens is 542 g/mol. The largest absolute Gasteiger partial charge is 0.454 e. The zero-order chi connectivity index (χ0) is 25.2. The Bertz CT molecular complexity index is 1520. The van der Waals surface area contributed by atoms with Crippen molar-refractivity contribution in [2.24, 2.45) is 5.41 Å². The number of Topliss-reactive ketones (excluding diaryl/α,β-unsaturated/α-hetero) is 1. The van der Waals surface area contributed by atoms with Crippen molar-refractivity contribution in [3.8, 4) is 11.5 Å². The third kappa shape index (κ3) is 4.00. The fourth-order valence-electron chi connectivity index (χ4n) is 5.28. The Hall–Kier alpha value is -3.17. The number of dihydropyridines is 1. The van der Waals surface area contributed by atoms with Gasteiger partial charge in [-0.25, -0.2) is 4.98 Å². The van der Waals surface area contributed by atoms with Crippen molar-refractivity contribution in [1.82, 2.24) is 10.3 Å². The van der Waals surface area contributed by atoms with Gasteiger partial charge in [0.1, 0.15) is 0 Å². The highest BCUT2D eigenvalue weighted by atomic mass is 79.9. The lowest BCUT2D eigenvalue weighted by atomic mass is 9.68. The number of ether oxygens (including phenoxy) is 2. The second-order valence-corrected chi connectivity index (χ2v) is 12.1. The molecule has 3 aliphatic rings. The summed E-state index contributed by atoms with van der Waals surface area (Å²) in [5.41, 5.74) is 4.24. The minimum atomic E-state index is -0.525. The number of hydrogen-bond acceptors (Lipinski definition) is 7. The molecule has 3 aromatic rings.